The molecule has 0 radical (unpaired) electrons. The average Bonchev–Trinajstić information content (AvgIpc) is 2.66. The summed E-state index contributed by atoms with van der Waals surface area (Å²) in [5.41, 5.74) is -0.943. The molecule has 1 aromatic heterocycles. The lowest BCUT2D eigenvalue weighted by molar-refractivity contribution is 0.200. The highest BCUT2D eigenvalue weighted by Gasteiger charge is 2.30. The average molecular weight is 487 g/mol. The van der Waals surface area contributed by atoms with E-state index in [1.54, 1.807) is 0 Å². The molecule has 1 N–H and O–H groups in total. The van der Waals surface area contributed by atoms with E-state index in [1.165, 1.54) is 6.07 Å². The van der Waals surface area contributed by atoms with E-state index >= 15 is 0 Å². The molecule has 2 heterocycles. The van der Waals surface area contributed by atoms with Crippen molar-refractivity contribution in [2.45, 2.75) is 4.90 Å². The summed E-state index contributed by atoms with van der Waals surface area (Å²) in [5, 5.41) is 0.0922. The standard InChI is InChI=1S/C16H12Cl2F4N4O3S/c17-8-5-9(18)7-10(6-8)30(28,29)24-16(27)26-3-1-25(2-4-26)13-11(19)14(21)23-15(22)12(13)20/h5-7H,1-4H2,(H,24,27). The number of piperazine rings is 1. The van der Waals surface area contributed by atoms with Crippen LogP contribution in [0.3, 0.4) is 0 Å². The molecule has 30 heavy (non-hydrogen) atoms. The van der Waals surface area contributed by atoms with Crippen LogP contribution in [0.1, 0.15) is 0 Å². The second-order valence-electron chi connectivity index (χ2n) is 6.16. The number of carbonyl (C=O) groups is 1. The first-order valence-electron chi connectivity index (χ1n) is 8.22. The van der Waals surface area contributed by atoms with E-state index in [9.17, 15) is 30.8 Å². The van der Waals surface area contributed by atoms with Crippen LogP contribution in [-0.2, 0) is 10.0 Å². The molecule has 1 aliphatic rings. The van der Waals surface area contributed by atoms with Crippen molar-refractivity contribution in [1.29, 1.82) is 0 Å². The number of aromatic nitrogens is 1. The molecule has 2 amide bonds. The van der Waals surface area contributed by atoms with Gasteiger partial charge in [-0.05, 0) is 18.2 Å². The number of hydrogen-bond acceptors (Lipinski definition) is 5. The molecule has 2 aromatic rings. The first kappa shape index (κ1) is 22.4. The quantitative estimate of drug-likeness (QED) is 0.532. The van der Waals surface area contributed by atoms with E-state index in [2.05, 4.69) is 4.98 Å². The highest BCUT2D eigenvalue weighted by atomic mass is 35.5. The van der Waals surface area contributed by atoms with Gasteiger partial charge in [0.15, 0.2) is 0 Å². The van der Waals surface area contributed by atoms with Crippen LogP contribution in [0.4, 0.5) is 28.0 Å². The third-order valence-corrected chi connectivity index (χ3v) is 5.96. The van der Waals surface area contributed by atoms with Crippen molar-refractivity contribution >= 4 is 44.9 Å². The summed E-state index contributed by atoms with van der Waals surface area (Å²) in [4.78, 5) is 16.5. The third-order valence-electron chi connectivity index (χ3n) is 4.23. The predicted octanol–water partition coefficient (Wildman–Crippen LogP) is 3.17. The smallest absolute Gasteiger partial charge is 0.331 e. The monoisotopic (exact) mass is 486 g/mol. The lowest BCUT2D eigenvalue weighted by Crippen LogP contribution is -2.53. The number of benzene rings is 1. The fourth-order valence-corrected chi connectivity index (χ4v) is 4.51. The number of rotatable bonds is 3. The minimum absolute atomic E-state index is 0.0461. The lowest BCUT2D eigenvalue weighted by Gasteiger charge is -2.36. The zero-order valence-corrected chi connectivity index (χ0v) is 17.1. The molecule has 7 nitrogen and oxygen atoms in total. The van der Waals surface area contributed by atoms with Gasteiger partial charge in [0.1, 0.15) is 5.69 Å². The summed E-state index contributed by atoms with van der Waals surface area (Å²) in [7, 11) is -4.30. The van der Waals surface area contributed by atoms with Crippen LogP contribution >= 0.6 is 23.2 Å². The third kappa shape index (κ3) is 4.55. The van der Waals surface area contributed by atoms with Crippen LogP contribution in [0.25, 0.3) is 0 Å². The van der Waals surface area contributed by atoms with E-state index in [4.69, 9.17) is 23.2 Å². The van der Waals surface area contributed by atoms with Gasteiger partial charge in [-0.1, -0.05) is 23.2 Å². The van der Waals surface area contributed by atoms with E-state index in [1.807, 2.05) is 4.72 Å². The Hall–Kier alpha value is -2.31. The maximum absolute atomic E-state index is 13.9. The van der Waals surface area contributed by atoms with Crippen LogP contribution in [0.15, 0.2) is 23.1 Å². The van der Waals surface area contributed by atoms with Gasteiger partial charge in [0.25, 0.3) is 21.9 Å². The Morgan fingerprint density at radius 2 is 1.43 bits per heavy atom. The normalized spacial score (nSPS) is 14.7. The molecule has 1 aliphatic heterocycles. The molecule has 0 spiro atoms. The molecule has 3 rings (SSSR count). The topological polar surface area (TPSA) is 82.6 Å². The van der Waals surface area contributed by atoms with Crippen molar-refractivity contribution in [3.05, 3.63) is 51.8 Å². The Balaban J connectivity index is 1.70. The minimum atomic E-state index is -4.30. The first-order chi connectivity index (χ1) is 14.0. The molecule has 0 atom stereocenters. The maximum Gasteiger partial charge on any atom is 0.331 e. The van der Waals surface area contributed by atoms with Crippen molar-refractivity contribution in [3.63, 3.8) is 0 Å². The number of halogens is 6. The highest BCUT2D eigenvalue weighted by Crippen LogP contribution is 2.27. The van der Waals surface area contributed by atoms with Crippen LogP contribution < -0.4 is 9.62 Å². The summed E-state index contributed by atoms with van der Waals surface area (Å²) >= 11 is 11.5. The number of sulfonamides is 1. The van der Waals surface area contributed by atoms with Crippen molar-refractivity contribution in [2.24, 2.45) is 0 Å². The number of carbonyl (C=O) groups excluding carboxylic acids is 1. The molecular formula is C16H12Cl2F4N4O3S. The van der Waals surface area contributed by atoms with E-state index < -0.39 is 45.3 Å². The van der Waals surface area contributed by atoms with Crippen LogP contribution in [-0.4, -0.2) is 50.5 Å². The Morgan fingerprint density at radius 1 is 0.933 bits per heavy atom. The summed E-state index contributed by atoms with van der Waals surface area (Å²) < 4.78 is 80.9. The second kappa shape index (κ2) is 8.44. The fraction of sp³-hybridized carbons (Fsp3) is 0.250. The molecule has 0 unspecified atom stereocenters. The number of hydrogen-bond donors (Lipinski definition) is 1. The fourth-order valence-electron chi connectivity index (χ4n) is 2.81. The second-order valence-corrected chi connectivity index (χ2v) is 8.72. The van der Waals surface area contributed by atoms with E-state index in [0.29, 0.717) is 0 Å². The number of amides is 2. The zero-order chi connectivity index (χ0) is 22.2. The van der Waals surface area contributed by atoms with Gasteiger partial charge in [-0.25, -0.2) is 17.9 Å². The molecule has 1 saturated heterocycles. The lowest BCUT2D eigenvalue weighted by atomic mass is 10.2. The van der Waals surface area contributed by atoms with Crippen molar-refractivity contribution in [1.82, 2.24) is 14.6 Å². The molecule has 1 fully saturated rings. The molecule has 0 aliphatic carbocycles. The summed E-state index contributed by atoms with van der Waals surface area (Å²) in [6.07, 6.45) is 0. The van der Waals surface area contributed by atoms with Crippen LogP contribution in [0, 0.1) is 23.5 Å². The molecular weight excluding hydrogens is 475 g/mol. The van der Waals surface area contributed by atoms with E-state index in [0.717, 1.165) is 21.9 Å². The van der Waals surface area contributed by atoms with Crippen LogP contribution in [0.2, 0.25) is 10.0 Å². The molecule has 1 aromatic carbocycles. The van der Waals surface area contributed by atoms with Crippen molar-refractivity contribution in [2.75, 3.05) is 31.1 Å². The predicted molar refractivity (Wildman–Crippen MR) is 100 cm³/mol. The van der Waals surface area contributed by atoms with Gasteiger partial charge in [-0.3, -0.25) is 0 Å². The van der Waals surface area contributed by atoms with Gasteiger partial charge in [0.2, 0.25) is 11.6 Å². The van der Waals surface area contributed by atoms with Gasteiger partial charge in [0.05, 0.1) is 4.90 Å². The minimum Gasteiger partial charge on any atom is -0.363 e. The molecule has 0 bridgehead atoms. The van der Waals surface area contributed by atoms with Crippen LogP contribution in [0.5, 0.6) is 0 Å². The molecule has 14 heteroatoms. The Bertz CT molecular complexity index is 1070. The molecule has 0 saturated carbocycles. The molecule has 162 valence electrons. The number of pyridine rings is 1. The summed E-state index contributed by atoms with van der Waals surface area (Å²) in [6, 6.07) is 2.50. The number of nitrogens with zero attached hydrogens (tertiary/aromatic N) is 3. The van der Waals surface area contributed by atoms with Gasteiger partial charge < -0.3 is 9.80 Å². The van der Waals surface area contributed by atoms with Gasteiger partial charge >= 0.3 is 6.03 Å². The Kier molecular flexibility index (Phi) is 6.29. The summed E-state index contributed by atoms with van der Waals surface area (Å²) in [6.45, 7) is -0.787. The number of nitrogens with one attached hydrogen (secondary N) is 1. The van der Waals surface area contributed by atoms with Gasteiger partial charge in [0, 0.05) is 36.2 Å². The Morgan fingerprint density at radius 3 is 1.93 bits per heavy atom. The highest BCUT2D eigenvalue weighted by molar-refractivity contribution is 7.90. The Labute approximate surface area is 178 Å². The maximum atomic E-state index is 13.9. The number of anilines is 1. The largest absolute Gasteiger partial charge is 0.363 e. The zero-order valence-electron chi connectivity index (χ0n) is 14.8. The first-order valence-corrected chi connectivity index (χ1v) is 10.5. The van der Waals surface area contributed by atoms with Gasteiger partial charge in [-0.15, -0.1) is 0 Å². The van der Waals surface area contributed by atoms with Crippen molar-refractivity contribution < 1.29 is 30.8 Å². The number of urea groups is 1. The van der Waals surface area contributed by atoms with E-state index in [-0.39, 0.29) is 41.1 Å². The SMILES string of the molecule is O=C(NS(=O)(=O)c1cc(Cl)cc(Cl)c1)N1CCN(c2c(F)c(F)nc(F)c2F)CC1. The summed E-state index contributed by atoms with van der Waals surface area (Å²) in [5.74, 6) is -6.91. The van der Waals surface area contributed by atoms with Gasteiger partial charge in [-0.2, -0.15) is 22.5 Å². The van der Waals surface area contributed by atoms with Crippen molar-refractivity contribution in [3.8, 4) is 0 Å².